The molecule has 5 heteroatoms. The van der Waals surface area contributed by atoms with E-state index in [9.17, 15) is 0 Å². The van der Waals surface area contributed by atoms with Crippen LogP contribution in [0.3, 0.4) is 0 Å². The van der Waals surface area contributed by atoms with Crippen LogP contribution in [0.2, 0.25) is 0 Å². The quantitative estimate of drug-likeness (QED) is 0.499. The fourth-order valence-electron chi connectivity index (χ4n) is 2.13. The van der Waals surface area contributed by atoms with Crippen LogP contribution in [0.1, 0.15) is 22.3 Å². The van der Waals surface area contributed by atoms with Crippen LogP contribution in [0.25, 0.3) is 0 Å². The van der Waals surface area contributed by atoms with E-state index < -0.39 is 0 Å². The van der Waals surface area contributed by atoms with Gasteiger partial charge in [-0.1, -0.05) is 48.5 Å². The van der Waals surface area contributed by atoms with Crippen molar-refractivity contribution in [1.29, 1.82) is 10.8 Å². The van der Waals surface area contributed by atoms with Gasteiger partial charge < -0.3 is 0 Å². The molecule has 1 aliphatic carbocycles. The van der Waals surface area contributed by atoms with E-state index in [0.29, 0.717) is 11.4 Å². The van der Waals surface area contributed by atoms with Gasteiger partial charge in [-0.3, -0.25) is 10.8 Å². The Kier molecular flexibility index (Phi) is 5.08. The van der Waals surface area contributed by atoms with Gasteiger partial charge in [0.05, 0.1) is 11.4 Å². The summed E-state index contributed by atoms with van der Waals surface area (Å²) in [4.78, 5) is 0. The van der Waals surface area contributed by atoms with Gasteiger partial charge in [-0.15, -0.1) is 0 Å². The number of nitrogens with one attached hydrogen (secondary N) is 2. The molecule has 0 aliphatic heterocycles. The summed E-state index contributed by atoms with van der Waals surface area (Å²) < 4.78 is 0. The van der Waals surface area contributed by atoms with Gasteiger partial charge in [0.2, 0.25) is 0 Å². The molecule has 0 amide bonds. The van der Waals surface area contributed by atoms with Gasteiger partial charge in [-0.05, 0) is 0 Å². The number of rotatable bonds is 0. The number of benzene rings is 2. The molecule has 0 spiro atoms. The van der Waals surface area contributed by atoms with E-state index in [2.05, 4.69) is 28.5 Å². The average Bonchev–Trinajstić information content (AvgIpc) is 2.46. The van der Waals surface area contributed by atoms with Crippen LogP contribution in [0.15, 0.2) is 48.5 Å². The first-order valence-corrected chi connectivity index (χ1v) is 10.3. The van der Waals surface area contributed by atoms with Crippen LogP contribution in [-0.2, 0) is 10.9 Å². The first-order valence-electron chi connectivity index (χ1n) is 5.39. The SMILES string of the molecule is N=C1c2ccccc2C(=N)c2ccccc21.[Br][Ni][Br]. The standard InChI is InChI=1S/C14H10N2.2BrH.Ni/c15-13-9-5-1-2-6-10(9)14(16)12-8-4-3-7-11(12)13;;;/h1-8,15-16H;2*1H;/q;;;+2/p-2. The Morgan fingerprint density at radius 1 is 0.632 bits per heavy atom. The van der Waals surface area contributed by atoms with Crippen molar-refractivity contribution in [3.8, 4) is 0 Å². The van der Waals surface area contributed by atoms with Gasteiger partial charge in [0.25, 0.3) is 0 Å². The van der Waals surface area contributed by atoms with Crippen LogP contribution >= 0.6 is 28.5 Å². The topological polar surface area (TPSA) is 47.7 Å². The molecule has 0 heterocycles. The van der Waals surface area contributed by atoms with Crippen LogP contribution < -0.4 is 0 Å². The first kappa shape index (κ1) is 14.6. The third-order valence-electron chi connectivity index (χ3n) is 2.93. The molecule has 0 aromatic heterocycles. The molecular weight excluding hydrogens is 415 g/mol. The monoisotopic (exact) mass is 422 g/mol. The molecule has 0 radical (unpaired) electrons. The molecule has 0 atom stereocenters. The summed E-state index contributed by atoms with van der Waals surface area (Å²) in [5.74, 6) is 0. The van der Waals surface area contributed by atoms with E-state index in [1.54, 1.807) is 0 Å². The number of halogens is 2. The fourth-order valence-corrected chi connectivity index (χ4v) is 2.13. The van der Waals surface area contributed by atoms with E-state index in [1.165, 1.54) is 10.9 Å². The predicted molar refractivity (Wildman–Crippen MR) is 82.6 cm³/mol. The Hall–Kier alpha value is -0.766. The van der Waals surface area contributed by atoms with Crippen molar-refractivity contribution < 1.29 is 10.9 Å². The minimum atomic E-state index is 0.516. The van der Waals surface area contributed by atoms with Crippen molar-refractivity contribution in [2.75, 3.05) is 0 Å². The summed E-state index contributed by atoms with van der Waals surface area (Å²) in [6, 6.07) is 15.3. The van der Waals surface area contributed by atoms with Crippen LogP contribution in [-0.4, -0.2) is 11.4 Å². The van der Waals surface area contributed by atoms with Gasteiger partial charge in [-0.2, -0.15) is 0 Å². The maximum atomic E-state index is 8.15. The zero-order valence-corrected chi connectivity index (χ0v) is 13.9. The molecule has 2 aromatic rings. The fraction of sp³-hybridized carbons (Fsp3) is 0. The Bertz CT molecular complexity index is 535. The second kappa shape index (κ2) is 6.60. The summed E-state index contributed by atoms with van der Waals surface area (Å²) >= 11 is 6.00. The van der Waals surface area contributed by atoms with Crippen molar-refractivity contribution in [2.24, 2.45) is 0 Å². The average molecular weight is 425 g/mol. The molecule has 2 nitrogen and oxygen atoms in total. The van der Waals surface area contributed by atoms with Gasteiger partial charge in [0.1, 0.15) is 0 Å². The Morgan fingerprint density at radius 3 is 1.05 bits per heavy atom. The maximum absolute atomic E-state index is 8.15. The second-order valence-electron chi connectivity index (χ2n) is 3.89. The number of hydrogen-bond acceptors (Lipinski definition) is 2. The summed E-state index contributed by atoms with van der Waals surface area (Å²) in [5, 5.41) is 16.3. The Labute approximate surface area is 132 Å². The molecule has 2 N–H and O–H groups in total. The second-order valence-corrected chi connectivity index (χ2v) is 8.87. The normalized spacial score (nSPS) is 12.3. The van der Waals surface area contributed by atoms with E-state index in [-0.39, 0.29) is 0 Å². The Balaban J connectivity index is 0.000000408. The van der Waals surface area contributed by atoms with E-state index in [0.717, 1.165) is 22.3 Å². The van der Waals surface area contributed by atoms with Crippen molar-refractivity contribution in [2.45, 2.75) is 0 Å². The molecule has 1 aliphatic rings. The molecule has 0 unspecified atom stereocenters. The van der Waals surface area contributed by atoms with Crippen LogP contribution in [0.4, 0.5) is 0 Å². The summed E-state index contributed by atoms with van der Waals surface area (Å²) in [6.07, 6.45) is 0. The zero-order valence-electron chi connectivity index (χ0n) is 9.69. The molecule has 100 valence electrons. The molecule has 0 bridgehead atoms. The summed E-state index contributed by atoms with van der Waals surface area (Å²) in [7, 11) is 1.25. The van der Waals surface area contributed by atoms with E-state index >= 15 is 0 Å². The van der Waals surface area contributed by atoms with Crippen molar-refractivity contribution in [1.82, 2.24) is 0 Å². The third-order valence-corrected chi connectivity index (χ3v) is 2.93. The number of hydrogen-bond donors (Lipinski definition) is 2. The van der Waals surface area contributed by atoms with Crippen molar-refractivity contribution >= 4 is 39.9 Å². The Morgan fingerprint density at radius 2 is 0.842 bits per heavy atom. The molecule has 3 rings (SSSR count). The van der Waals surface area contributed by atoms with Gasteiger partial charge in [0, 0.05) is 22.3 Å². The molecule has 0 saturated carbocycles. The zero-order chi connectivity index (χ0) is 13.8. The summed E-state index contributed by atoms with van der Waals surface area (Å²) in [5.41, 5.74) is 4.44. The van der Waals surface area contributed by atoms with E-state index in [1.807, 2.05) is 48.5 Å². The molecular formula is C14H10Br2N2Ni. The predicted octanol–water partition coefficient (Wildman–Crippen LogP) is 4.52. The molecule has 0 saturated heterocycles. The first-order chi connectivity index (χ1) is 9.20. The third kappa shape index (κ3) is 2.88. The van der Waals surface area contributed by atoms with Gasteiger partial charge in [-0.25, -0.2) is 0 Å². The van der Waals surface area contributed by atoms with Gasteiger partial charge in [0.15, 0.2) is 0 Å². The molecule has 0 fully saturated rings. The minimum absolute atomic E-state index is 0.516. The van der Waals surface area contributed by atoms with Crippen molar-refractivity contribution in [3.05, 3.63) is 70.8 Å². The molecule has 19 heavy (non-hydrogen) atoms. The van der Waals surface area contributed by atoms with Crippen LogP contribution in [0, 0.1) is 10.8 Å². The van der Waals surface area contributed by atoms with Gasteiger partial charge >= 0.3 is 39.3 Å². The molecule has 2 aromatic carbocycles. The number of fused-ring (bicyclic) bond motifs is 2. The summed E-state index contributed by atoms with van der Waals surface area (Å²) in [6.45, 7) is 0. The van der Waals surface area contributed by atoms with Crippen LogP contribution in [0.5, 0.6) is 0 Å². The van der Waals surface area contributed by atoms with E-state index in [4.69, 9.17) is 10.8 Å². The van der Waals surface area contributed by atoms with Crippen molar-refractivity contribution in [3.63, 3.8) is 0 Å².